The Kier molecular flexibility index (Phi) is 2.55. The first-order chi connectivity index (χ1) is 4.43. The summed E-state index contributed by atoms with van der Waals surface area (Å²) in [6.07, 6.45) is 5.89. The van der Waals surface area contributed by atoms with E-state index in [0.717, 1.165) is 5.92 Å². The van der Waals surface area contributed by atoms with Crippen LogP contribution >= 0.6 is 0 Å². The molecule has 9 heavy (non-hydrogen) atoms. The number of oxime groups is 1. The summed E-state index contributed by atoms with van der Waals surface area (Å²) >= 11 is 0. The summed E-state index contributed by atoms with van der Waals surface area (Å²) in [5.74, 6) is 0.719. The topological polar surface area (TPSA) is 21.6 Å². The highest BCUT2D eigenvalue weighted by Gasteiger charge is 2.14. The lowest BCUT2D eigenvalue weighted by atomic mass is 9.87. The van der Waals surface area contributed by atoms with E-state index in [0.29, 0.717) is 6.61 Å². The maximum Gasteiger partial charge on any atom is 0.114 e. The Morgan fingerprint density at radius 2 is 2.44 bits per heavy atom. The summed E-state index contributed by atoms with van der Waals surface area (Å²) in [5.41, 5.74) is 0. The van der Waals surface area contributed by atoms with Gasteiger partial charge in [0.05, 0.1) is 0 Å². The smallest absolute Gasteiger partial charge is 0.114 e. The lowest BCUT2D eigenvalue weighted by molar-refractivity contribution is 0.157. The van der Waals surface area contributed by atoms with Crippen molar-refractivity contribution in [3.05, 3.63) is 0 Å². The first-order valence-electron chi connectivity index (χ1n) is 3.59. The summed E-state index contributed by atoms with van der Waals surface area (Å²) in [7, 11) is 0. The van der Waals surface area contributed by atoms with Crippen molar-refractivity contribution < 1.29 is 4.84 Å². The second kappa shape index (κ2) is 3.49. The zero-order valence-electron chi connectivity index (χ0n) is 5.84. The lowest BCUT2D eigenvalue weighted by Crippen LogP contribution is -2.11. The molecule has 0 saturated heterocycles. The van der Waals surface area contributed by atoms with Gasteiger partial charge in [0.25, 0.3) is 0 Å². The third-order valence-corrected chi connectivity index (χ3v) is 1.63. The van der Waals surface area contributed by atoms with E-state index in [1.54, 1.807) is 0 Å². The molecule has 0 bridgehead atoms. The van der Waals surface area contributed by atoms with Crippen LogP contribution in [0.2, 0.25) is 0 Å². The highest BCUT2D eigenvalue weighted by Crippen LogP contribution is 2.23. The number of rotatable bonds is 3. The number of hydrogen-bond acceptors (Lipinski definition) is 2. The van der Waals surface area contributed by atoms with Gasteiger partial charge in [-0.15, -0.1) is 0 Å². The second-order valence-corrected chi connectivity index (χ2v) is 2.36. The molecule has 1 aliphatic rings. The molecule has 2 heteroatoms. The molecule has 1 saturated carbocycles. The molecule has 0 unspecified atom stereocenters. The van der Waals surface area contributed by atoms with Gasteiger partial charge < -0.3 is 4.84 Å². The van der Waals surface area contributed by atoms with Gasteiger partial charge in [-0.05, 0) is 25.7 Å². The highest BCUT2D eigenvalue weighted by atomic mass is 16.6. The molecular formula is C7H13NO. The fourth-order valence-corrected chi connectivity index (χ4v) is 0.793. The fraction of sp³-hybridized carbons (Fsp3) is 0.857. The van der Waals surface area contributed by atoms with Gasteiger partial charge in [-0.2, -0.15) is 0 Å². The van der Waals surface area contributed by atoms with E-state index >= 15 is 0 Å². The molecule has 1 fully saturated rings. The third kappa shape index (κ3) is 2.04. The Balaban J connectivity index is 2.00. The first kappa shape index (κ1) is 6.59. The van der Waals surface area contributed by atoms with E-state index in [1.807, 2.05) is 13.1 Å². The minimum Gasteiger partial charge on any atom is -0.396 e. The van der Waals surface area contributed by atoms with Crippen molar-refractivity contribution in [2.75, 3.05) is 6.61 Å². The van der Waals surface area contributed by atoms with Crippen molar-refractivity contribution in [2.45, 2.75) is 26.2 Å². The number of hydrogen-bond donors (Lipinski definition) is 0. The quantitative estimate of drug-likeness (QED) is 0.418. The van der Waals surface area contributed by atoms with E-state index in [9.17, 15) is 0 Å². The molecule has 0 N–H and O–H groups in total. The Hall–Kier alpha value is -0.530. The van der Waals surface area contributed by atoms with E-state index in [2.05, 4.69) is 5.16 Å². The predicted octanol–water partition coefficient (Wildman–Crippen LogP) is 1.81. The molecule has 0 spiro atoms. The van der Waals surface area contributed by atoms with Gasteiger partial charge in [0.15, 0.2) is 0 Å². The summed E-state index contributed by atoms with van der Waals surface area (Å²) in [4.78, 5) is 4.81. The van der Waals surface area contributed by atoms with Crippen molar-refractivity contribution in [1.82, 2.24) is 0 Å². The summed E-state index contributed by atoms with van der Waals surface area (Å²) in [6, 6.07) is 0. The van der Waals surface area contributed by atoms with Gasteiger partial charge in [-0.1, -0.05) is 11.6 Å². The zero-order chi connectivity index (χ0) is 6.53. The highest BCUT2D eigenvalue weighted by molar-refractivity contribution is 5.60. The van der Waals surface area contributed by atoms with Crippen LogP contribution in [0.25, 0.3) is 0 Å². The zero-order valence-corrected chi connectivity index (χ0v) is 5.84. The third-order valence-electron chi connectivity index (χ3n) is 1.63. The fourth-order valence-electron chi connectivity index (χ4n) is 0.793. The lowest BCUT2D eigenvalue weighted by Gasteiger charge is -2.19. The van der Waals surface area contributed by atoms with E-state index in [1.165, 1.54) is 19.3 Å². The molecule has 0 aromatic carbocycles. The minimum absolute atomic E-state index is 0.684. The minimum atomic E-state index is 0.684. The van der Waals surface area contributed by atoms with Crippen LogP contribution in [0.5, 0.6) is 0 Å². The Morgan fingerprint density at radius 3 is 2.89 bits per heavy atom. The second-order valence-electron chi connectivity index (χ2n) is 2.36. The molecule has 0 amide bonds. The monoisotopic (exact) mass is 127 g/mol. The summed E-state index contributed by atoms with van der Waals surface area (Å²) in [6.45, 7) is 2.63. The van der Waals surface area contributed by atoms with Gasteiger partial charge >= 0.3 is 0 Å². The maximum atomic E-state index is 4.81. The molecule has 0 atom stereocenters. The van der Waals surface area contributed by atoms with Gasteiger partial charge in [-0.3, -0.25) is 0 Å². The Morgan fingerprint density at radius 1 is 1.67 bits per heavy atom. The van der Waals surface area contributed by atoms with Crippen LogP contribution in [-0.2, 0) is 4.84 Å². The number of nitrogens with zero attached hydrogens (tertiary/aromatic N) is 1. The van der Waals surface area contributed by atoms with Crippen molar-refractivity contribution in [2.24, 2.45) is 11.1 Å². The average Bonchev–Trinajstić information content (AvgIpc) is 1.76. The van der Waals surface area contributed by atoms with Gasteiger partial charge in [-0.25, -0.2) is 0 Å². The van der Waals surface area contributed by atoms with Crippen LogP contribution in [-0.4, -0.2) is 12.8 Å². The summed E-state index contributed by atoms with van der Waals surface area (Å²) in [5, 5.41) is 3.79. The standard InChI is InChI=1S/C7H13NO/c1-2-9-8-6-7-4-3-5-7/h6-7H,2-5H2,1H3. The molecule has 0 heterocycles. The Labute approximate surface area is 55.9 Å². The van der Waals surface area contributed by atoms with Crippen molar-refractivity contribution in [3.63, 3.8) is 0 Å². The predicted molar refractivity (Wildman–Crippen MR) is 37.5 cm³/mol. The van der Waals surface area contributed by atoms with Gasteiger partial charge in [0, 0.05) is 6.21 Å². The van der Waals surface area contributed by atoms with Crippen molar-refractivity contribution in [3.8, 4) is 0 Å². The van der Waals surface area contributed by atoms with Crippen molar-refractivity contribution >= 4 is 6.21 Å². The Bertz CT molecular complexity index is 97.1. The molecule has 0 radical (unpaired) electrons. The van der Waals surface area contributed by atoms with E-state index in [-0.39, 0.29) is 0 Å². The van der Waals surface area contributed by atoms with Crippen LogP contribution < -0.4 is 0 Å². The van der Waals surface area contributed by atoms with Crippen molar-refractivity contribution in [1.29, 1.82) is 0 Å². The molecule has 0 aromatic heterocycles. The van der Waals surface area contributed by atoms with Gasteiger partial charge in [0.2, 0.25) is 0 Å². The average molecular weight is 127 g/mol. The summed E-state index contributed by atoms with van der Waals surface area (Å²) < 4.78 is 0. The molecular weight excluding hydrogens is 114 g/mol. The normalized spacial score (nSPS) is 20.1. The molecule has 2 nitrogen and oxygen atoms in total. The van der Waals surface area contributed by atoms with E-state index < -0.39 is 0 Å². The maximum absolute atomic E-state index is 4.81. The molecule has 0 aliphatic heterocycles. The largest absolute Gasteiger partial charge is 0.396 e. The van der Waals surface area contributed by atoms with Crippen LogP contribution in [0.4, 0.5) is 0 Å². The SMILES string of the molecule is CCON=CC1CCC1. The van der Waals surface area contributed by atoms with Gasteiger partial charge in [0.1, 0.15) is 6.61 Å². The molecule has 0 aromatic rings. The molecule has 1 aliphatic carbocycles. The van der Waals surface area contributed by atoms with Crippen LogP contribution in [0, 0.1) is 5.92 Å². The molecule has 1 rings (SSSR count). The first-order valence-corrected chi connectivity index (χ1v) is 3.59. The van der Waals surface area contributed by atoms with E-state index in [4.69, 9.17) is 4.84 Å². The van der Waals surface area contributed by atoms with Crippen LogP contribution in [0.3, 0.4) is 0 Å². The molecule has 52 valence electrons. The van der Waals surface area contributed by atoms with Crippen LogP contribution in [0.15, 0.2) is 5.16 Å². The van der Waals surface area contributed by atoms with Crippen LogP contribution in [0.1, 0.15) is 26.2 Å².